The predicted octanol–water partition coefficient (Wildman–Crippen LogP) is 6.84. The van der Waals surface area contributed by atoms with E-state index in [2.05, 4.69) is 23.1 Å². The van der Waals surface area contributed by atoms with Gasteiger partial charge in [0.2, 0.25) is 0 Å². The summed E-state index contributed by atoms with van der Waals surface area (Å²) < 4.78 is 0. The van der Waals surface area contributed by atoms with Crippen LogP contribution in [0.4, 0.5) is 5.69 Å². The predicted molar refractivity (Wildman–Crippen MR) is 110 cm³/mol. The largest absolute Gasteiger partial charge is 0.369 e. The molecule has 142 valence electrons. The van der Waals surface area contributed by atoms with Gasteiger partial charge < -0.3 is 4.90 Å². The number of nitrogens with zero attached hydrogens (tertiary/aromatic N) is 2. The summed E-state index contributed by atoms with van der Waals surface area (Å²) in [4.78, 5) is 2.68. The number of nitriles is 1. The third kappa shape index (κ3) is 5.76. The first-order valence-electron chi connectivity index (χ1n) is 11.1. The van der Waals surface area contributed by atoms with Gasteiger partial charge in [0.15, 0.2) is 0 Å². The molecule has 2 bridgehead atoms. The van der Waals surface area contributed by atoms with Crippen LogP contribution in [-0.4, -0.2) is 12.6 Å². The van der Waals surface area contributed by atoms with E-state index in [1.807, 2.05) is 12.1 Å². The quantitative estimate of drug-likeness (QED) is 0.553. The maximum Gasteiger partial charge on any atom is 0.0991 e. The minimum absolute atomic E-state index is 0.693. The molecule has 2 fully saturated rings. The second-order valence-corrected chi connectivity index (χ2v) is 8.50. The van der Waals surface area contributed by atoms with Crippen LogP contribution in [0.1, 0.15) is 95.5 Å². The van der Waals surface area contributed by atoms with Crippen molar-refractivity contribution < 1.29 is 0 Å². The van der Waals surface area contributed by atoms with Gasteiger partial charge in [0.1, 0.15) is 0 Å². The van der Waals surface area contributed by atoms with Crippen LogP contribution in [0.2, 0.25) is 0 Å². The van der Waals surface area contributed by atoms with Crippen molar-refractivity contribution in [2.24, 2.45) is 5.92 Å². The third-order valence-electron chi connectivity index (χ3n) is 6.59. The van der Waals surface area contributed by atoms with E-state index in [9.17, 15) is 0 Å². The lowest BCUT2D eigenvalue weighted by atomic mass is 9.93. The Bertz CT molecular complexity index is 557. The van der Waals surface area contributed by atoms with Crippen LogP contribution in [0.15, 0.2) is 24.3 Å². The summed E-state index contributed by atoms with van der Waals surface area (Å²) in [6, 6.07) is 11.3. The zero-order valence-corrected chi connectivity index (χ0v) is 16.5. The molecule has 1 saturated carbocycles. The third-order valence-corrected chi connectivity index (χ3v) is 6.59. The highest BCUT2D eigenvalue weighted by Gasteiger charge is 2.24. The molecule has 0 radical (unpaired) electrons. The molecule has 1 saturated heterocycles. The van der Waals surface area contributed by atoms with Crippen LogP contribution < -0.4 is 4.90 Å². The molecule has 2 unspecified atom stereocenters. The van der Waals surface area contributed by atoms with Crippen molar-refractivity contribution in [2.45, 2.75) is 95.9 Å². The molecule has 1 aromatic rings. The Labute approximate surface area is 160 Å². The fourth-order valence-corrected chi connectivity index (χ4v) is 4.99. The highest BCUT2D eigenvalue weighted by Crippen LogP contribution is 2.32. The maximum atomic E-state index is 9.10. The maximum absolute atomic E-state index is 9.10. The second kappa shape index (κ2) is 10.6. The highest BCUT2D eigenvalue weighted by atomic mass is 15.2. The van der Waals surface area contributed by atoms with Gasteiger partial charge in [-0.1, -0.05) is 64.2 Å². The van der Waals surface area contributed by atoms with E-state index in [4.69, 9.17) is 5.26 Å². The van der Waals surface area contributed by atoms with E-state index in [1.165, 1.54) is 102 Å². The Morgan fingerprint density at radius 1 is 0.692 bits per heavy atom. The summed E-state index contributed by atoms with van der Waals surface area (Å²) in [5.41, 5.74) is 2.10. The van der Waals surface area contributed by atoms with E-state index < -0.39 is 0 Å². The van der Waals surface area contributed by atoms with Gasteiger partial charge in [-0.3, -0.25) is 0 Å². The Morgan fingerprint density at radius 2 is 1.35 bits per heavy atom. The Balaban J connectivity index is 1.71. The van der Waals surface area contributed by atoms with Crippen LogP contribution in [0.5, 0.6) is 0 Å². The molecule has 2 atom stereocenters. The van der Waals surface area contributed by atoms with Gasteiger partial charge in [-0.05, 0) is 55.9 Å². The number of fused-ring (bicyclic) bond motifs is 3. The van der Waals surface area contributed by atoms with Gasteiger partial charge in [-0.25, -0.2) is 0 Å². The summed E-state index contributed by atoms with van der Waals surface area (Å²) in [7, 11) is 0. The summed E-state index contributed by atoms with van der Waals surface area (Å²) in [5, 5.41) is 9.10. The molecule has 2 nitrogen and oxygen atoms in total. The van der Waals surface area contributed by atoms with Gasteiger partial charge in [-0.15, -0.1) is 0 Å². The van der Waals surface area contributed by atoms with Crippen molar-refractivity contribution in [1.29, 1.82) is 5.26 Å². The van der Waals surface area contributed by atoms with Crippen LogP contribution >= 0.6 is 0 Å². The lowest BCUT2D eigenvalue weighted by molar-refractivity contribution is 0.402. The van der Waals surface area contributed by atoms with E-state index in [1.54, 1.807) is 0 Å². The van der Waals surface area contributed by atoms with Gasteiger partial charge in [0, 0.05) is 18.3 Å². The lowest BCUT2D eigenvalue weighted by Gasteiger charge is -2.33. The first-order chi connectivity index (χ1) is 12.9. The molecular weight excluding hydrogens is 316 g/mol. The van der Waals surface area contributed by atoms with Gasteiger partial charge >= 0.3 is 0 Å². The number of anilines is 1. The molecule has 26 heavy (non-hydrogen) atoms. The van der Waals surface area contributed by atoms with E-state index in [0.29, 0.717) is 6.04 Å². The van der Waals surface area contributed by atoms with E-state index in [-0.39, 0.29) is 0 Å². The van der Waals surface area contributed by atoms with Crippen molar-refractivity contribution in [3.05, 3.63) is 29.8 Å². The minimum Gasteiger partial charge on any atom is -0.369 e. The average Bonchev–Trinajstić information content (AvgIpc) is 2.91. The van der Waals surface area contributed by atoms with Gasteiger partial charge in [0.25, 0.3) is 0 Å². The van der Waals surface area contributed by atoms with Crippen LogP contribution in [-0.2, 0) is 0 Å². The van der Waals surface area contributed by atoms with Crippen molar-refractivity contribution in [2.75, 3.05) is 11.4 Å². The van der Waals surface area contributed by atoms with E-state index >= 15 is 0 Å². The Morgan fingerprint density at radius 3 is 2.08 bits per heavy atom. The molecule has 0 amide bonds. The van der Waals surface area contributed by atoms with Crippen molar-refractivity contribution in [3.63, 3.8) is 0 Å². The van der Waals surface area contributed by atoms with E-state index in [0.717, 1.165) is 11.5 Å². The van der Waals surface area contributed by atoms with Gasteiger partial charge in [0.05, 0.1) is 11.6 Å². The SMILES string of the molecule is N#Cc1ccc(N2CCCCCCCCCCC3CCCC2CC3)cc1. The molecule has 1 aliphatic carbocycles. The number of hydrogen-bond donors (Lipinski definition) is 0. The summed E-state index contributed by atoms with van der Waals surface area (Å²) >= 11 is 0. The highest BCUT2D eigenvalue weighted by molar-refractivity contribution is 5.50. The fourth-order valence-electron chi connectivity index (χ4n) is 4.99. The Hall–Kier alpha value is -1.49. The zero-order valence-electron chi connectivity index (χ0n) is 16.5. The topological polar surface area (TPSA) is 27.0 Å². The molecule has 1 aromatic carbocycles. The molecule has 2 heteroatoms. The Kier molecular flexibility index (Phi) is 7.87. The fraction of sp³-hybridized carbons (Fsp3) is 0.708. The second-order valence-electron chi connectivity index (χ2n) is 8.50. The summed E-state index contributed by atoms with van der Waals surface area (Å²) in [6.45, 7) is 1.18. The molecule has 3 rings (SSSR count). The molecule has 2 aliphatic rings. The molecule has 0 spiro atoms. The molecule has 1 aliphatic heterocycles. The van der Waals surface area contributed by atoms with Crippen molar-refractivity contribution in [3.8, 4) is 6.07 Å². The van der Waals surface area contributed by atoms with Crippen LogP contribution in [0, 0.1) is 17.2 Å². The minimum atomic E-state index is 0.693. The summed E-state index contributed by atoms with van der Waals surface area (Å²) in [5.74, 6) is 0.966. The van der Waals surface area contributed by atoms with Crippen molar-refractivity contribution in [1.82, 2.24) is 0 Å². The number of hydrogen-bond acceptors (Lipinski definition) is 2. The van der Waals surface area contributed by atoms with Crippen LogP contribution in [0.25, 0.3) is 0 Å². The number of rotatable bonds is 1. The van der Waals surface area contributed by atoms with Crippen LogP contribution in [0.3, 0.4) is 0 Å². The normalized spacial score (nSPS) is 26.3. The monoisotopic (exact) mass is 352 g/mol. The lowest BCUT2D eigenvalue weighted by Crippen LogP contribution is -2.36. The first-order valence-corrected chi connectivity index (χ1v) is 11.1. The average molecular weight is 353 g/mol. The molecular formula is C24H36N2. The molecule has 1 heterocycles. The summed E-state index contributed by atoms with van der Waals surface area (Å²) in [6.07, 6.45) is 19.7. The number of benzene rings is 1. The molecule has 0 N–H and O–H groups in total. The first kappa shape index (κ1) is 19.3. The smallest absolute Gasteiger partial charge is 0.0991 e. The standard InChI is InChI=1S/C24H36N2/c25-20-22-14-17-24(18-15-22)26-19-8-6-4-2-1-3-5-7-10-21-11-9-12-23(26)16-13-21/h14-15,17-18,21,23H,1-13,16,19H2. The zero-order chi connectivity index (χ0) is 18.0. The van der Waals surface area contributed by atoms with Crippen molar-refractivity contribution >= 4 is 5.69 Å². The molecule has 0 aromatic heterocycles. The van der Waals surface area contributed by atoms with Gasteiger partial charge in [-0.2, -0.15) is 5.26 Å².